The Morgan fingerprint density at radius 1 is 1.04 bits per heavy atom. The molecule has 1 aromatic carbocycles. The summed E-state index contributed by atoms with van der Waals surface area (Å²) < 4.78 is 1.87. The maximum atomic E-state index is 12.9. The molecule has 0 saturated heterocycles. The molecule has 3 nitrogen and oxygen atoms in total. The van der Waals surface area contributed by atoms with Crippen LogP contribution in [-0.4, -0.2) is 10.4 Å². The molecule has 0 atom stereocenters. The van der Waals surface area contributed by atoms with E-state index in [1.807, 2.05) is 10.6 Å². The lowest BCUT2D eigenvalue weighted by Gasteiger charge is -2.20. The lowest BCUT2D eigenvalue weighted by molar-refractivity contribution is 0.101. The third-order valence-corrected chi connectivity index (χ3v) is 4.99. The second-order valence-corrected chi connectivity index (χ2v) is 6.60. The topological polar surface area (TPSA) is 39.1 Å². The standard InChI is InChI=1S/C20H23NO2/c1-13-8-9-16(12-14(13)2)19-11-10-18(15(3)22)20(23)21(19)17-6-4-5-7-17/h8-12,17H,4-7H2,1-3H3. The van der Waals surface area contributed by atoms with E-state index in [4.69, 9.17) is 0 Å². The van der Waals surface area contributed by atoms with Crippen molar-refractivity contribution in [3.63, 3.8) is 0 Å². The van der Waals surface area contributed by atoms with Crippen LogP contribution < -0.4 is 5.56 Å². The van der Waals surface area contributed by atoms with E-state index < -0.39 is 0 Å². The van der Waals surface area contributed by atoms with Crippen LogP contribution in [0.15, 0.2) is 35.1 Å². The second kappa shape index (κ2) is 6.15. The molecule has 120 valence electrons. The first kappa shape index (κ1) is 15.7. The number of hydrogen-bond acceptors (Lipinski definition) is 2. The number of nitrogens with zero attached hydrogens (tertiary/aromatic N) is 1. The number of benzene rings is 1. The summed E-state index contributed by atoms with van der Waals surface area (Å²) in [5.74, 6) is -0.159. The second-order valence-electron chi connectivity index (χ2n) is 6.60. The molecule has 3 rings (SSSR count). The molecule has 0 bridgehead atoms. The van der Waals surface area contributed by atoms with Crippen LogP contribution in [-0.2, 0) is 0 Å². The Hall–Kier alpha value is -2.16. The van der Waals surface area contributed by atoms with Crippen LogP contribution in [0.1, 0.15) is 60.1 Å². The monoisotopic (exact) mass is 309 g/mol. The van der Waals surface area contributed by atoms with Crippen LogP contribution in [0.4, 0.5) is 0 Å². The molecule has 0 amide bonds. The zero-order valence-corrected chi connectivity index (χ0v) is 14.1. The van der Waals surface area contributed by atoms with E-state index in [0.717, 1.165) is 36.9 Å². The molecule has 0 N–H and O–H groups in total. The van der Waals surface area contributed by atoms with Crippen molar-refractivity contribution in [3.05, 3.63) is 57.4 Å². The molecule has 1 heterocycles. The fourth-order valence-corrected chi connectivity index (χ4v) is 3.48. The highest BCUT2D eigenvalue weighted by Crippen LogP contribution is 2.33. The first-order valence-corrected chi connectivity index (χ1v) is 8.33. The molecule has 1 aliphatic rings. The van der Waals surface area contributed by atoms with Crippen molar-refractivity contribution in [3.8, 4) is 11.3 Å². The van der Waals surface area contributed by atoms with Gasteiger partial charge in [0.1, 0.15) is 0 Å². The highest BCUT2D eigenvalue weighted by Gasteiger charge is 2.23. The molecule has 0 spiro atoms. The minimum absolute atomic E-state index is 0.139. The molecule has 1 fully saturated rings. The average molecular weight is 309 g/mol. The van der Waals surface area contributed by atoms with E-state index >= 15 is 0 Å². The van der Waals surface area contributed by atoms with E-state index in [1.54, 1.807) is 6.07 Å². The van der Waals surface area contributed by atoms with Gasteiger partial charge in [-0.15, -0.1) is 0 Å². The number of carbonyl (C=O) groups excluding carboxylic acids is 1. The van der Waals surface area contributed by atoms with Crippen molar-refractivity contribution in [1.82, 2.24) is 4.57 Å². The van der Waals surface area contributed by atoms with Crippen LogP contribution in [0.5, 0.6) is 0 Å². The molecule has 1 aromatic heterocycles. The lowest BCUT2D eigenvalue weighted by atomic mass is 10.0. The molecule has 0 unspecified atom stereocenters. The number of aryl methyl sites for hydroxylation is 2. The van der Waals surface area contributed by atoms with E-state index in [-0.39, 0.29) is 17.4 Å². The SMILES string of the molecule is CC(=O)c1ccc(-c2ccc(C)c(C)c2)n(C2CCCC2)c1=O. The normalized spacial score (nSPS) is 15.1. The Morgan fingerprint density at radius 2 is 1.74 bits per heavy atom. The van der Waals surface area contributed by atoms with Gasteiger partial charge >= 0.3 is 0 Å². The maximum absolute atomic E-state index is 12.9. The quantitative estimate of drug-likeness (QED) is 0.786. The van der Waals surface area contributed by atoms with E-state index in [2.05, 4.69) is 32.0 Å². The Bertz CT molecular complexity index is 811. The minimum atomic E-state index is -0.159. The number of pyridine rings is 1. The van der Waals surface area contributed by atoms with Crippen molar-refractivity contribution < 1.29 is 4.79 Å². The predicted molar refractivity (Wildman–Crippen MR) is 93.1 cm³/mol. The van der Waals surface area contributed by atoms with Gasteiger partial charge in [0.25, 0.3) is 5.56 Å². The summed E-state index contributed by atoms with van der Waals surface area (Å²) >= 11 is 0. The third-order valence-electron chi connectivity index (χ3n) is 4.99. The Labute approximate surface area is 137 Å². The predicted octanol–water partition coefficient (Wildman–Crippen LogP) is 4.45. The van der Waals surface area contributed by atoms with Crippen LogP contribution in [0.25, 0.3) is 11.3 Å². The summed E-state index contributed by atoms with van der Waals surface area (Å²) in [6.45, 7) is 5.63. The first-order valence-electron chi connectivity index (χ1n) is 8.33. The highest BCUT2D eigenvalue weighted by atomic mass is 16.1. The van der Waals surface area contributed by atoms with Gasteiger partial charge in [-0.3, -0.25) is 9.59 Å². The van der Waals surface area contributed by atoms with Gasteiger partial charge in [-0.05, 0) is 68.5 Å². The Kier molecular flexibility index (Phi) is 4.20. The van der Waals surface area contributed by atoms with E-state index in [0.29, 0.717) is 5.56 Å². The van der Waals surface area contributed by atoms with Gasteiger partial charge in [0.2, 0.25) is 0 Å². The zero-order valence-electron chi connectivity index (χ0n) is 14.1. The van der Waals surface area contributed by atoms with Gasteiger partial charge in [0.15, 0.2) is 5.78 Å². The van der Waals surface area contributed by atoms with Crippen LogP contribution in [0.2, 0.25) is 0 Å². The van der Waals surface area contributed by atoms with Crippen molar-refractivity contribution >= 4 is 5.78 Å². The largest absolute Gasteiger partial charge is 0.305 e. The number of rotatable bonds is 3. The number of hydrogen-bond donors (Lipinski definition) is 0. The van der Waals surface area contributed by atoms with E-state index in [9.17, 15) is 9.59 Å². The maximum Gasteiger partial charge on any atom is 0.262 e. The average Bonchev–Trinajstić information content (AvgIpc) is 3.03. The van der Waals surface area contributed by atoms with Gasteiger partial charge in [-0.25, -0.2) is 0 Å². The highest BCUT2D eigenvalue weighted by molar-refractivity contribution is 5.94. The fraction of sp³-hybridized carbons (Fsp3) is 0.400. The van der Waals surface area contributed by atoms with Crippen molar-refractivity contribution in [2.45, 2.75) is 52.5 Å². The summed E-state index contributed by atoms with van der Waals surface area (Å²) in [6, 6.07) is 10.1. The minimum Gasteiger partial charge on any atom is -0.305 e. The molecular formula is C20H23NO2. The smallest absolute Gasteiger partial charge is 0.262 e. The molecule has 0 radical (unpaired) electrons. The number of ketones is 1. The van der Waals surface area contributed by atoms with Gasteiger partial charge < -0.3 is 4.57 Å². The van der Waals surface area contributed by atoms with Crippen LogP contribution in [0.3, 0.4) is 0 Å². The van der Waals surface area contributed by atoms with Gasteiger partial charge in [-0.2, -0.15) is 0 Å². The van der Waals surface area contributed by atoms with E-state index in [1.165, 1.54) is 18.1 Å². The molecular weight excluding hydrogens is 286 g/mol. The Balaban J connectivity index is 2.23. The fourth-order valence-electron chi connectivity index (χ4n) is 3.48. The summed E-state index contributed by atoms with van der Waals surface area (Å²) in [4.78, 5) is 24.7. The Morgan fingerprint density at radius 3 is 2.35 bits per heavy atom. The number of carbonyl (C=O) groups is 1. The summed E-state index contributed by atoms with van der Waals surface area (Å²) in [5, 5.41) is 0. The summed E-state index contributed by atoms with van der Waals surface area (Å²) in [7, 11) is 0. The summed E-state index contributed by atoms with van der Waals surface area (Å²) in [6.07, 6.45) is 4.32. The number of aromatic nitrogens is 1. The van der Waals surface area contributed by atoms with Gasteiger partial charge in [0, 0.05) is 6.04 Å². The summed E-state index contributed by atoms with van der Waals surface area (Å²) in [5.41, 5.74) is 4.58. The molecule has 2 aromatic rings. The van der Waals surface area contributed by atoms with Crippen molar-refractivity contribution in [1.29, 1.82) is 0 Å². The third kappa shape index (κ3) is 2.88. The lowest BCUT2D eigenvalue weighted by Crippen LogP contribution is -2.29. The molecule has 1 aliphatic carbocycles. The number of Topliss-reactive ketones (excluding diaryl/α,β-unsaturated/α-hetero) is 1. The van der Waals surface area contributed by atoms with Crippen molar-refractivity contribution in [2.24, 2.45) is 0 Å². The van der Waals surface area contributed by atoms with Gasteiger partial charge in [-0.1, -0.05) is 25.0 Å². The zero-order chi connectivity index (χ0) is 16.6. The molecule has 23 heavy (non-hydrogen) atoms. The van der Waals surface area contributed by atoms with Crippen molar-refractivity contribution in [2.75, 3.05) is 0 Å². The molecule has 0 aliphatic heterocycles. The molecule has 1 saturated carbocycles. The van der Waals surface area contributed by atoms with Crippen LogP contribution >= 0.6 is 0 Å². The van der Waals surface area contributed by atoms with Crippen LogP contribution in [0, 0.1) is 13.8 Å². The van der Waals surface area contributed by atoms with Gasteiger partial charge in [0.05, 0.1) is 11.3 Å². The molecule has 3 heteroatoms. The first-order chi connectivity index (χ1) is 11.0.